The topological polar surface area (TPSA) is 37.8 Å². The lowest BCUT2D eigenvalue weighted by atomic mass is 10.2. The average Bonchev–Trinajstić information content (AvgIpc) is 3.30. The highest BCUT2D eigenvalue weighted by Gasteiger charge is 2.19. The number of halogens is 1. The van der Waals surface area contributed by atoms with Crippen LogP contribution in [0.25, 0.3) is 0 Å². The van der Waals surface area contributed by atoms with Gasteiger partial charge in [-0.05, 0) is 30.5 Å². The summed E-state index contributed by atoms with van der Waals surface area (Å²) in [7, 11) is 0. The molecule has 1 saturated carbocycles. The Labute approximate surface area is 128 Å². The first-order valence-corrected chi connectivity index (χ1v) is 8.07. The molecule has 1 aromatic carbocycles. The Kier molecular flexibility index (Phi) is 4.55. The van der Waals surface area contributed by atoms with Crippen molar-refractivity contribution in [3.63, 3.8) is 0 Å². The molecule has 0 saturated heterocycles. The molecule has 1 heterocycles. The number of nitrogens with zero attached hydrogens (tertiary/aromatic N) is 2. The van der Waals surface area contributed by atoms with Crippen LogP contribution in [0.15, 0.2) is 41.8 Å². The summed E-state index contributed by atoms with van der Waals surface area (Å²) in [5.41, 5.74) is 2.37. The van der Waals surface area contributed by atoms with E-state index in [1.165, 1.54) is 18.4 Å². The molecular weight excluding hydrogens is 290 g/mol. The Hall–Kier alpha value is -1.10. The van der Waals surface area contributed by atoms with E-state index in [4.69, 9.17) is 11.6 Å². The molecule has 0 aliphatic heterocycles. The van der Waals surface area contributed by atoms with Gasteiger partial charge in [-0.3, -0.25) is 0 Å². The minimum atomic E-state index is 0.717. The first-order chi connectivity index (χ1) is 9.79. The van der Waals surface area contributed by atoms with E-state index in [0.717, 1.165) is 28.0 Å². The van der Waals surface area contributed by atoms with Gasteiger partial charge in [0.1, 0.15) is 0 Å². The normalized spacial score (nSPS) is 14.4. The fourth-order valence-electron chi connectivity index (χ4n) is 1.79. The highest BCUT2D eigenvalue weighted by atomic mass is 35.5. The van der Waals surface area contributed by atoms with E-state index in [0.29, 0.717) is 6.04 Å². The molecule has 0 unspecified atom stereocenters. The molecule has 1 N–H and O–H groups in total. The third-order valence-electron chi connectivity index (χ3n) is 3.14. The quantitative estimate of drug-likeness (QED) is 0.652. The van der Waals surface area contributed by atoms with E-state index in [1.807, 2.05) is 36.7 Å². The summed E-state index contributed by atoms with van der Waals surface area (Å²) in [5.74, 6) is 0.858. The third kappa shape index (κ3) is 4.20. The van der Waals surface area contributed by atoms with Crippen molar-refractivity contribution >= 4 is 23.4 Å². The largest absolute Gasteiger partial charge is 0.310 e. The van der Waals surface area contributed by atoms with E-state index in [1.54, 1.807) is 11.8 Å². The molecule has 1 aromatic heterocycles. The van der Waals surface area contributed by atoms with Crippen LogP contribution in [0.2, 0.25) is 5.02 Å². The van der Waals surface area contributed by atoms with Crippen LogP contribution in [0, 0.1) is 0 Å². The van der Waals surface area contributed by atoms with Crippen LogP contribution in [0.5, 0.6) is 0 Å². The fraction of sp³-hybridized carbons (Fsp3) is 0.333. The molecule has 3 rings (SSSR count). The Morgan fingerprint density at radius 2 is 1.80 bits per heavy atom. The van der Waals surface area contributed by atoms with Crippen molar-refractivity contribution in [2.45, 2.75) is 36.3 Å². The summed E-state index contributed by atoms with van der Waals surface area (Å²) in [6.45, 7) is 0.868. The molecule has 0 atom stereocenters. The highest BCUT2D eigenvalue weighted by molar-refractivity contribution is 7.98. The second kappa shape index (κ2) is 6.57. The maximum absolute atomic E-state index is 5.87. The maximum Gasteiger partial charge on any atom is 0.187 e. The molecule has 20 heavy (non-hydrogen) atoms. The minimum Gasteiger partial charge on any atom is -0.310 e. The lowest BCUT2D eigenvalue weighted by molar-refractivity contribution is 0.680. The summed E-state index contributed by atoms with van der Waals surface area (Å²) in [6, 6.07) is 8.59. The molecule has 0 amide bonds. The molecular formula is C15H16ClN3S. The molecule has 2 aromatic rings. The van der Waals surface area contributed by atoms with Crippen LogP contribution in [0.4, 0.5) is 0 Å². The van der Waals surface area contributed by atoms with E-state index < -0.39 is 0 Å². The third-order valence-corrected chi connectivity index (χ3v) is 4.33. The van der Waals surface area contributed by atoms with Crippen LogP contribution in [-0.4, -0.2) is 16.0 Å². The van der Waals surface area contributed by atoms with E-state index in [-0.39, 0.29) is 0 Å². The monoisotopic (exact) mass is 305 g/mol. The zero-order chi connectivity index (χ0) is 13.8. The van der Waals surface area contributed by atoms with Crippen molar-refractivity contribution in [3.05, 3.63) is 52.8 Å². The number of nitrogens with one attached hydrogen (secondary N) is 1. The van der Waals surface area contributed by atoms with Gasteiger partial charge < -0.3 is 5.32 Å². The molecule has 3 nitrogen and oxygen atoms in total. The van der Waals surface area contributed by atoms with Gasteiger partial charge >= 0.3 is 0 Å². The number of thioether (sulfide) groups is 1. The lowest BCUT2D eigenvalue weighted by Crippen LogP contribution is -2.15. The van der Waals surface area contributed by atoms with E-state index >= 15 is 0 Å². The summed E-state index contributed by atoms with van der Waals surface area (Å²) in [5, 5.41) is 5.04. The summed E-state index contributed by atoms with van der Waals surface area (Å²) in [4.78, 5) is 8.79. The van der Waals surface area contributed by atoms with Crippen LogP contribution < -0.4 is 5.32 Å². The van der Waals surface area contributed by atoms with Crippen molar-refractivity contribution in [1.82, 2.24) is 15.3 Å². The van der Waals surface area contributed by atoms with Gasteiger partial charge in [0, 0.05) is 41.3 Å². The van der Waals surface area contributed by atoms with Gasteiger partial charge in [0.05, 0.1) is 0 Å². The SMILES string of the molecule is Clc1ccc(CSc2ncc(CNC3CC3)cn2)cc1. The second-order valence-electron chi connectivity index (χ2n) is 4.94. The molecule has 0 spiro atoms. The first kappa shape index (κ1) is 13.9. The van der Waals surface area contributed by atoms with Gasteiger partial charge in [-0.15, -0.1) is 0 Å². The van der Waals surface area contributed by atoms with Crippen molar-refractivity contribution in [3.8, 4) is 0 Å². The molecule has 0 bridgehead atoms. The van der Waals surface area contributed by atoms with Crippen LogP contribution in [0.1, 0.15) is 24.0 Å². The Morgan fingerprint density at radius 3 is 2.45 bits per heavy atom. The molecule has 0 radical (unpaired) electrons. The number of aromatic nitrogens is 2. The number of hydrogen-bond donors (Lipinski definition) is 1. The van der Waals surface area contributed by atoms with Gasteiger partial charge in [-0.25, -0.2) is 9.97 Å². The summed E-state index contributed by atoms with van der Waals surface area (Å²) >= 11 is 7.50. The number of rotatable bonds is 6. The Bertz CT molecular complexity index is 552. The first-order valence-electron chi connectivity index (χ1n) is 6.71. The van der Waals surface area contributed by atoms with Crippen LogP contribution >= 0.6 is 23.4 Å². The van der Waals surface area contributed by atoms with Gasteiger partial charge in [0.15, 0.2) is 5.16 Å². The van der Waals surface area contributed by atoms with Crippen molar-refractivity contribution < 1.29 is 0 Å². The molecule has 1 fully saturated rings. The zero-order valence-corrected chi connectivity index (χ0v) is 12.6. The Morgan fingerprint density at radius 1 is 1.10 bits per heavy atom. The van der Waals surface area contributed by atoms with Gasteiger partial charge in [-0.2, -0.15) is 0 Å². The fourth-order valence-corrected chi connectivity index (χ4v) is 2.66. The number of hydrogen-bond acceptors (Lipinski definition) is 4. The smallest absolute Gasteiger partial charge is 0.187 e. The molecule has 1 aliphatic carbocycles. The van der Waals surface area contributed by atoms with Crippen LogP contribution in [-0.2, 0) is 12.3 Å². The van der Waals surface area contributed by atoms with E-state index in [2.05, 4.69) is 15.3 Å². The predicted octanol–water partition coefficient (Wildman–Crippen LogP) is 3.67. The summed E-state index contributed by atoms with van der Waals surface area (Å²) in [6.07, 6.45) is 6.42. The minimum absolute atomic E-state index is 0.717. The maximum atomic E-state index is 5.87. The average molecular weight is 306 g/mol. The molecule has 1 aliphatic rings. The number of benzene rings is 1. The molecule has 5 heteroatoms. The van der Waals surface area contributed by atoms with Crippen molar-refractivity contribution in [1.29, 1.82) is 0 Å². The Balaban J connectivity index is 1.50. The van der Waals surface area contributed by atoms with Crippen molar-refractivity contribution in [2.24, 2.45) is 0 Å². The standard InChI is InChI=1S/C15H16ClN3S/c16-13-3-1-11(2-4-13)10-20-15-18-8-12(9-19-15)7-17-14-5-6-14/h1-4,8-9,14,17H,5-7,10H2. The van der Waals surface area contributed by atoms with E-state index in [9.17, 15) is 0 Å². The lowest BCUT2D eigenvalue weighted by Gasteiger charge is -2.04. The zero-order valence-electron chi connectivity index (χ0n) is 11.1. The molecule has 104 valence electrons. The second-order valence-corrected chi connectivity index (χ2v) is 6.32. The van der Waals surface area contributed by atoms with Crippen molar-refractivity contribution in [2.75, 3.05) is 0 Å². The summed E-state index contributed by atoms with van der Waals surface area (Å²) < 4.78 is 0. The van der Waals surface area contributed by atoms with Gasteiger partial charge in [0.25, 0.3) is 0 Å². The highest BCUT2D eigenvalue weighted by Crippen LogP contribution is 2.21. The van der Waals surface area contributed by atoms with Gasteiger partial charge in [-0.1, -0.05) is 35.5 Å². The predicted molar refractivity (Wildman–Crippen MR) is 82.9 cm³/mol. The van der Waals surface area contributed by atoms with Gasteiger partial charge in [0.2, 0.25) is 0 Å². The van der Waals surface area contributed by atoms with Crippen LogP contribution in [0.3, 0.4) is 0 Å².